The third-order valence-electron chi connectivity index (χ3n) is 1.83. The molecule has 0 aromatic carbocycles. The molecule has 0 unspecified atom stereocenters. The zero-order chi connectivity index (χ0) is 9.42. The molecule has 0 aliphatic heterocycles. The molecule has 0 bridgehead atoms. The van der Waals surface area contributed by atoms with Gasteiger partial charge in [-0.25, -0.2) is 4.98 Å². The first-order chi connectivity index (χ1) is 6.20. The Balaban J connectivity index is 2.82. The first kappa shape index (κ1) is 7.91. The van der Waals surface area contributed by atoms with E-state index in [0.29, 0.717) is 17.8 Å². The summed E-state index contributed by atoms with van der Waals surface area (Å²) < 4.78 is 5.16. The normalized spacial score (nSPS) is 10.6. The van der Waals surface area contributed by atoms with E-state index in [0.717, 1.165) is 11.1 Å². The zero-order valence-electron chi connectivity index (χ0n) is 7.37. The van der Waals surface area contributed by atoms with E-state index < -0.39 is 0 Å². The number of aryl methyl sites for hydroxylation is 2. The summed E-state index contributed by atoms with van der Waals surface area (Å²) in [6.45, 7) is 3.65. The fourth-order valence-electron chi connectivity index (χ4n) is 1.28. The van der Waals surface area contributed by atoms with Crippen molar-refractivity contribution in [3.05, 3.63) is 23.3 Å². The summed E-state index contributed by atoms with van der Waals surface area (Å²) in [5, 5.41) is 0.799. The molecular formula is C9H8N2O2. The summed E-state index contributed by atoms with van der Waals surface area (Å²) in [5.41, 5.74) is 1.31. The lowest BCUT2D eigenvalue weighted by atomic mass is 10.3. The van der Waals surface area contributed by atoms with Crippen LogP contribution in [0.4, 0.5) is 0 Å². The third-order valence-corrected chi connectivity index (χ3v) is 1.83. The second-order valence-electron chi connectivity index (χ2n) is 2.84. The monoisotopic (exact) mass is 176 g/mol. The lowest BCUT2D eigenvalue weighted by molar-refractivity contribution is 0.110. The highest BCUT2D eigenvalue weighted by Gasteiger charge is 2.07. The van der Waals surface area contributed by atoms with Gasteiger partial charge in [0.25, 0.3) is 0 Å². The number of nitrogens with zero attached hydrogens (tertiary/aromatic N) is 2. The smallest absolute Gasteiger partial charge is 0.230 e. The van der Waals surface area contributed by atoms with Crippen LogP contribution in [0, 0.1) is 13.8 Å². The van der Waals surface area contributed by atoms with Crippen LogP contribution in [0.1, 0.15) is 22.1 Å². The summed E-state index contributed by atoms with van der Waals surface area (Å²) in [4.78, 5) is 18.7. The molecule has 0 aliphatic carbocycles. The SMILES string of the molecule is Cc1nc(C)c2cc(C=O)oc2n1. The Morgan fingerprint density at radius 2 is 2.15 bits per heavy atom. The van der Waals surface area contributed by atoms with Crippen LogP contribution < -0.4 is 0 Å². The van der Waals surface area contributed by atoms with Crippen LogP contribution in [0.25, 0.3) is 11.1 Å². The maximum absolute atomic E-state index is 10.4. The van der Waals surface area contributed by atoms with Gasteiger partial charge >= 0.3 is 0 Å². The number of aldehydes is 1. The molecule has 13 heavy (non-hydrogen) atoms. The van der Waals surface area contributed by atoms with Gasteiger partial charge in [0, 0.05) is 0 Å². The summed E-state index contributed by atoms with van der Waals surface area (Å²) in [5.74, 6) is 0.940. The van der Waals surface area contributed by atoms with Crippen molar-refractivity contribution in [2.45, 2.75) is 13.8 Å². The van der Waals surface area contributed by atoms with E-state index in [1.54, 1.807) is 13.0 Å². The van der Waals surface area contributed by atoms with Gasteiger partial charge in [0.15, 0.2) is 12.0 Å². The van der Waals surface area contributed by atoms with Crippen molar-refractivity contribution in [3.8, 4) is 0 Å². The van der Waals surface area contributed by atoms with Gasteiger partial charge in [0.1, 0.15) is 5.82 Å². The van der Waals surface area contributed by atoms with Gasteiger partial charge in [0.05, 0.1) is 11.1 Å². The van der Waals surface area contributed by atoms with E-state index in [1.807, 2.05) is 6.92 Å². The molecule has 0 aliphatic rings. The first-order valence-electron chi connectivity index (χ1n) is 3.90. The molecule has 2 aromatic heterocycles. The molecule has 4 heteroatoms. The molecule has 2 heterocycles. The lowest BCUT2D eigenvalue weighted by Gasteiger charge is -1.94. The van der Waals surface area contributed by atoms with Crippen molar-refractivity contribution in [2.75, 3.05) is 0 Å². The standard InChI is InChI=1S/C9H8N2O2/c1-5-8-3-7(4-12)13-9(8)11-6(2)10-5/h3-4H,1-2H3. The summed E-state index contributed by atoms with van der Waals surface area (Å²) >= 11 is 0. The number of hydrogen-bond acceptors (Lipinski definition) is 4. The van der Waals surface area contributed by atoms with E-state index in [2.05, 4.69) is 9.97 Å². The second kappa shape index (κ2) is 2.65. The first-order valence-corrected chi connectivity index (χ1v) is 3.90. The van der Waals surface area contributed by atoms with Gasteiger partial charge in [-0.15, -0.1) is 0 Å². The van der Waals surface area contributed by atoms with Gasteiger partial charge in [-0.3, -0.25) is 4.79 Å². The quantitative estimate of drug-likeness (QED) is 0.620. The molecular weight excluding hydrogens is 168 g/mol. The van der Waals surface area contributed by atoms with Crippen LogP contribution in [-0.2, 0) is 0 Å². The Hall–Kier alpha value is -1.71. The van der Waals surface area contributed by atoms with Crippen LogP contribution in [0.5, 0.6) is 0 Å². The number of carbonyl (C=O) groups excluding carboxylic acids is 1. The van der Waals surface area contributed by atoms with Crippen molar-refractivity contribution in [1.82, 2.24) is 9.97 Å². The highest BCUT2D eigenvalue weighted by atomic mass is 16.3. The molecule has 2 rings (SSSR count). The highest BCUT2D eigenvalue weighted by Crippen LogP contribution is 2.18. The molecule has 0 spiro atoms. The fraction of sp³-hybridized carbons (Fsp3) is 0.222. The zero-order valence-corrected chi connectivity index (χ0v) is 7.37. The molecule has 0 atom stereocenters. The molecule has 2 aromatic rings. The predicted molar refractivity (Wildman–Crippen MR) is 46.7 cm³/mol. The molecule has 0 amide bonds. The number of fused-ring (bicyclic) bond motifs is 1. The molecule has 66 valence electrons. The minimum Gasteiger partial charge on any atom is -0.435 e. The van der Waals surface area contributed by atoms with Crippen LogP contribution in [-0.4, -0.2) is 16.3 Å². The van der Waals surface area contributed by atoms with Crippen molar-refractivity contribution in [1.29, 1.82) is 0 Å². The van der Waals surface area contributed by atoms with Gasteiger partial charge in [-0.2, -0.15) is 4.98 Å². The number of furan rings is 1. The topological polar surface area (TPSA) is 56.0 Å². The summed E-state index contributed by atoms with van der Waals surface area (Å²) in [6.07, 6.45) is 0.663. The number of aromatic nitrogens is 2. The number of hydrogen-bond donors (Lipinski definition) is 0. The number of carbonyl (C=O) groups is 1. The van der Waals surface area contributed by atoms with Crippen LogP contribution >= 0.6 is 0 Å². The van der Waals surface area contributed by atoms with E-state index in [4.69, 9.17) is 4.42 Å². The molecule has 0 radical (unpaired) electrons. The van der Waals surface area contributed by atoms with Crippen molar-refractivity contribution >= 4 is 17.4 Å². The van der Waals surface area contributed by atoms with Gasteiger partial charge in [-0.05, 0) is 19.9 Å². The second-order valence-corrected chi connectivity index (χ2v) is 2.84. The van der Waals surface area contributed by atoms with Crippen molar-refractivity contribution < 1.29 is 9.21 Å². The van der Waals surface area contributed by atoms with E-state index in [-0.39, 0.29) is 5.76 Å². The van der Waals surface area contributed by atoms with Crippen LogP contribution in [0.15, 0.2) is 10.5 Å². The van der Waals surface area contributed by atoms with E-state index in [9.17, 15) is 4.79 Å². The molecule has 0 N–H and O–H groups in total. The maximum atomic E-state index is 10.4. The minimum atomic E-state index is 0.290. The maximum Gasteiger partial charge on any atom is 0.230 e. The third kappa shape index (κ3) is 1.20. The van der Waals surface area contributed by atoms with Crippen LogP contribution in [0.2, 0.25) is 0 Å². The molecule has 0 fully saturated rings. The number of rotatable bonds is 1. The van der Waals surface area contributed by atoms with Crippen molar-refractivity contribution in [3.63, 3.8) is 0 Å². The minimum absolute atomic E-state index is 0.290. The average Bonchev–Trinajstić information content (AvgIpc) is 2.47. The van der Waals surface area contributed by atoms with Gasteiger partial charge in [-0.1, -0.05) is 0 Å². The Bertz CT molecular complexity index is 474. The van der Waals surface area contributed by atoms with Crippen molar-refractivity contribution in [2.24, 2.45) is 0 Å². The average molecular weight is 176 g/mol. The predicted octanol–water partition coefficient (Wildman–Crippen LogP) is 1.65. The molecule has 0 saturated heterocycles. The van der Waals surface area contributed by atoms with E-state index in [1.165, 1.54) is 0 Å². The Morgan fingerprint density at radius 1 is 1.38 bits per heavy atom. The summed E-state index contributed by atoms with van der Waals surface area (Å²) in [6, 6.07) is 1.65. The Labute approximate surface area is 74.6 Å². The summed E-state index contributed by atoms with van der Waals surface area (Å²) in [7, 11) is 0. The van der Waals surface area contributed by atoms with Crippen LogP contribution in [0.3, 0.4) is 0 Å². The largest absolute Gasteiger partial charge is 0.435 e. The van der Waals surface area contributed by atoms with Gasteiger partial charge < -0.3 is 4.42 Å². The highest BCUT2D eigenvalue weighted by molar-refractivity contribution is 5.84. The molecule has 0 saturated carbocycles. The fourth-order valence-corrected chi connectivity index (χ4v) is 1.28. The Kier molecular flexibility index (Phi) is 1.62. The molecule has 4 nitrogen and oxygen atoms in total. The van der Waals surface area contributed by atoms with Gasteiger partial charge in [0.2, 0.25) is 5.71 Å². The van der Waals surface area contributed by atoms with E-state index >= 15 is 0 Å². The lowest BCUT2D eigenvalue weighted by Crippen LogP contribution is -1.89. The Morgan fingerprint density at radius 3 is 2.85 bits per heavy atom.